The second kappa shape index (κ2) is 6.88. The number of aromatic nitrogens is 2. The van der Waals surface area contributed by atoms with Crippen LogP contribution in [0.4, 0.5) is 0 Å². The van der Waals surface area contributed by atoms with Crippen molar-refractivity contribution in [3.63, 3.8) is 0 Å². The van der Waals surface area contributed by atoms with Gasteiger partial charge in [-0.15, -0.1) is 0 Å². The van der Waals surface area contributed by atoms with Crippen LogP contribution < -0.4 is 5.32 Å². The molecule has 1 heterocycles. The minimum Gasteiger partial charge on any atom is -0.396 e. The number of nitrogens with one attached hydrogen (secondary N) is 2. The average Bonchev–Trinajstić information content (AvgIpc) is 2.65. The second-order valence-corrected chi connectivity index (χ2v) is 5.84. The van der Waals surface area contributed by atoms with Crippen LogP contribution in [0.3, 0.4) is 0 Å². The molecule has 0 spiro atoms. The van der Waals surface area contributed by atoms with Gasteiger partial charge in [-0.25, -0.2) is 0 Å². The van der Waals surface area contributed by atoms with Gasteiger partial charge in [-0.1, -0.05) is 19.3 Å². The Hall–Kier alpha value is -1.36. The Labute approximate surface area is 120 Å². The van der Waals surface area contributed by atoms with E-state index in [1.807, 2.05) is 13.8 Å². The summed E-state index contributed by atoms with van der Waals surface area (Å²) < 4.78 is 0. The molecule has 1 aromatic heterocycles. The maximum Gasteiger partial charge on any atom is 0.224 e. The van der Waals surface area contributed by atoms with Crippen LogP contribution in [-0.2, 0) is 11.2 Å². The third-order valence-electron chi connectivity index (χ3n) is 4.36. The molecule has 1 aliphatic rings. The van der Waals surface area contributed by atoms with E-state index < -0.39 is 0 Å². The minimum atomic E-state index is 0.0305. The number of H-pyrrole nitrogens is 1. The van der Waals surface area contributed by atoms with Crippen LogP contribution >= 0.6 is 0 Å². The van der Waals surface area contributed by atoms with Crippen LogP contribution in [0.5, 0.6) is 0 Å². The second-order valence-electron chi connectivity index (χ2n) is 5.84. The third-order valence-corrected chi connectivity index (χ3v) is 4.36. The molecule has 0 aromatic carbocycles. The van der Waals surface area contributed by atoms with E-state index in [-0.39, 0.29) is 24.5 Å². The molecule has 2 rings (SSSR count). The minimum absolute atomic E-state index is 0.0305. The number of carbonyl (C=O) groups excluding carboxylic acids is 1. The Bertz CT molecular complexity index is 436. The number of nitrogens with zero attached hydrogens (tertiary/aromatic N) is 1. The SMILES string of the molecule is Cc1n[nH]c(C)c1CC(=O)N[C@@H]1CCCCC[C@H]1CO. The van der Waals surface area contributed by atoms with Crippen molar-refractivity contribution < 1.29 is 9.90 Å². The highest BCUT2D eigenvalue weighted by molar-refractivity contribution is 5.79. The monoisotopic (exact) mass is 279 g/mol. The number of hydrogen-bond acceptors (Lipinski definition) is 3. The van der Waals surface area contributed by atoms with E-state index in [0.29, 0.717) is 6.42 Å². The fourth-order valence-corrected chi connectivity index (χ4v) is 3.05. The van der Waals surface area contributed by atoms with E-state index in [0.717, 1.165) is 42.6 Å². The lowest BCUT2D eigenvalue weighted by molar-refractivity contribution is -0.121. The molecule has 0 radical (unpaired) electrons. The van der Waals surface area contributed by atoms with Gasteiger partial charge in [0.15, 0.2) is 0 Å². The zero-order chi connectivity index (χ0) is 14.5. The molecule has 5 heteroatoms. The lowest BCUT2D eigenvalue weighted by atomic mass is 9.95. The number of aliphatic hydroxyl groups excluding tert-OH is 1. The van der Waals surface area contributed by atoms with Crippen LogP contribution in [-0.4, -0.2) is 33.9 Å². The quantitative estimate of drug-likeness (QED) is 0.733. The molecule has 5 nitrogen and oxygen atoms in total. The zero-order valence-corrected chi connectivity index (χ0v) is 12.4. The molecule has 0 unspecified atom stereocenters. The Morgan fingerprint density at radius 3 is 2.75 bits per heavy atom. The summed E-state index contributed by atoms with van der Waals surface area (Å²) >= 11 is 0. The Kier molecular flexibility index (Phi) is 5.17. The first-order valence-electron chi connectivity index (χ1n) is 7.52. The molecule has 112 valence electrons. The first kappa shape index (κ1) is 15.0. The number of hydrogen-bond donors (Lipinski definition) is 3. The van der Waals surface area contributed by atoms with E-state index in [1.54, 1.807) is 0 Å². The van der Waals surface area contributed by atoms with Crippen LogP contribution in [0.25, 0.3) is 0 Å². The highest BCUT2D eigenvalue weighted by atomic mass is 16.3. The summed E-state index contributed by atoms with van der Waals surface area (Å²) in [5, 5.41) is 19.6. The molecule has 1 saturated carbocycles. The van der Waals surface area contributed by atoms with Crippen LogP contribution in [0.2, 0.25) is 0 Å². The van der Waals surface area contributed by atoms with Crippen molar-refractivity contribution in [2.75, 3.05) is 6.61 Å². The summed E-state index contributed by atoms with van der Waals surface area (Å²) in [6, 6.07) is 0.113. The van der Waals surface area contributed by atoms with Crippen molar-refractivity contribution >= 4 is 5.91 Å². The predicted molar refractivity (Wildman–Crippen MR) is 77.4 cm³/mol. The van der Waals surface area contributed by atoms with Gasteiger partial charge in [-0.05, 0) is 26.7 Å². The lowest BCUT2D eigenvalue weighted by Gasteiger charge is -2.24. The van der Waals surface area contributed by atoms with Gasteiger partial charge in [-0.3, -0.25) is 9.89 Å². The van der Waals surface area contributed by atoms with E-state index in [2.05, 4.69) is 15.5 Å². The first-order chi connectivity index (χ1) is 9.61. The van der Waals surface area contributed by atoms with Crippen LogP contribution in [0.15, 0.2) is 0 Å². The first-order valence-corrected chi connectivity index (χ1v) is 7.52. The van der Waals surface area contributed by atoms with Gasteiger partial charge in [-0.2, -0.15) is 5.10 Å². The molecular formula is C15H25N3O2. The number of aromatic amines is 1. The predicted octanol–water partition coefficient (Wildman–Crippen LogP) is 1.63. The van der Waals surface area contributed by atoms with Crippen LogP contribution in [0.1, 0.15) is 49.1 Å². The maximum absolute atomic E-state index is 12.2. The molecule has 0 saturated heterocycles. The van der Waals surface area contributed by atoms with Crippen molar-refractivity contribution in [3.05, 3.63) is 17.0 Å². The molecule has 1 fully saturated rings. The van der Waals surface area contributed by atoms with Crippen molar-refractivity contribution in [1.82, 2.24) is 15.5 Å². The lowest BCUT2D eigenvalue weighted by Crippen LogP contribution is -2.41. The fraction of sp³-hybridized carbons (Fsp3) is 0.733. The van der Waals surface area contributed by atoms with Gasteiger partial charge in [0.2, 0.25) is 5.91 Å². The fourth-order valence-electron chi connectivity index (χ4n) is 3.05. The maximum atomic E-state index is 12.2. The summed E-state index contributed by atoms with van der Waals surface area (Å²) in [7, 11) is 0. The summed E-state index contributed by atoms with van der Waals surface area (Å²) in [6.45, 7) is 4.01. The number of aliphatic hydroxyl groups is 1. The average molecular weight is 279 g/mol. The van der Waals surface area contributed by atoms with Gasteiger partial charge in [0.1, 0.15) is 0 Å². The van der Waals surface area contributed by atoms with Crippen molar-refractivity contribution in [2.24, 2.45) is 5.92 Å². The molecule has 1 amide bonds. The molecule has 2 atom stereocenters. The molecule has 3 N–H and O–H groups in total. The zero-order valence-electron chi connectivity index (χ0n) is 12.4. The Balaban J connectivity index is 1.96. The van der Waals surface area contributed by atoms with E-state index in [1.165, 1.54) is 6.42 Å². The normalized spacial score (nSPS) is 23.4. The van der Waals surface area contributed by atoms with Crippen molar-refractivity contribution in [1.29, 1.82) is 0 Å². The van der Waals surface area contributed by atoms with E-state index in [4.69, 9.17) is 0 Å². The standard InChI is InChI=1S/C15H25N3O2/c1-10-13(11(2)18-17-10)8-15(20)16-14-7-5-3-4-6-12(14)9-19/h12,14,19H,3-9H2,1-2H3,(H,16,20)(H,17,18)/t12-,14+/m0/s1. The number of carbonyl (C=O) groups is 1. The molecule has 20 heavy (non-hydrogen) atoms. The molecular weight excluding hydrogens is 254 g/mol. The van der Waals surface area contributed by atoms with Gasteiger partial charge >= 0.3 is 0 Å². The smallest absolute Gasteiger partial charge is 0.224 e. The highest BCUT2D eigenvalue weighted by Gasteiger charge is 2.25. The summed E-state index contributed by atoms with van der Waals surface area (Å²) in [5.74, 6) is 0.232. The summed E-state index contributed by atoms with van der Waals surface area (Å²) in [4.78, 5) is 12.2. The molecule has 0 aliphatic heterocycles. The summed E-state index contributed by atoms with van der Waals surface area (Å²) in [5.41, 5.74) is 2.83. The third kappa shape index (κ3) is 3.60. The van der Waals surface area contributed by atoms with Crippen LogP contribution in [0, 0.1) is 19.8 Å². The van der Waals surface area contributed by atoms with Crippen molar-refractivity contribution in [2.45, 2.75) is 58.4 Å². The van der Waals surface area contributed by atoms with E-state index >= 15 is 0 Å². The van der Waals surface area contributed by atoms with Gasteiger partial charge in [0.25, 0.3) is 0 Å². The molecule has 0 bridgehead atoms. The molecule has 1 aliphatic carbocycles. The number of aryl methyl sites for hydroxylation is 2. The van der Waals surface area contributed by atoms with Gasteiger partial charge in [0, 0.05) is 29.8 Å². The van der Waals surface area contributed by atoms with Gasteiger partial charge < -0.3 is 10.4 Å². The largest absolute Gasteiger partial charge is 0.396 e. The highest BCUT2D eigenvalue weighted by Crippen LogP contribution is 2.23. The Morgan fingerprint density at radius 2 is 2.10 bits per heavy atom. The topological polar surface area (TPSA) is 78.0 Å². The Morgan fingerprint density at radius 1 is 1.35 bits per heavy atom. The van der Waals surface area contributed by atoms with E-state index in [9.17, 15) is 9.90 Å². The number of amides is 1. The molecule has 1 aromatic rings. The number of rotatable bonds is 4. The van der Waals surface area contributed by atoms with Crippen molar-refractivity contribution in [3.8, 4) is 0 Å². The van der Waals surface area contributed by atoms with Gasteiger partial charge in [0.05, 0.1) is 12.1 Å². The summed E-state index contributed by atoms with van der Waals surface area (Å²) in [6.07, 6.45) is 5.82.